The first kappa shape index (κ1) is 11.0. The quantitative estimate of drug-likeness (QED) is 0.808. The average Bonchev–Trinajstić information content (AvgIpc) is 2.59. The highest BCUT2D eigenvalue weighted by atomic mass is 32.1. The zero-order valence-corrected chi connectivity index (χ0v) is 9.34. The Morgan fingerprint density at radius 1 is 1.38 bits per heavy atom. The molecule has 1 fully saturated rings. The summed E-state index contributed by atoms with van der Waals surface area (Å²) >= 11 is 4.99. The zero-order valence-electron chi connectivity index (χ0n) is 8.52. The van der Waals surface area contributed by atoms with Gasteiger partial charge in [0.25, 0.3) is 5.91 Å². The van der Waals surface area contributed by atoms with Crippen LogP contribution in [0.1, 0.15) is 11.6 Å². The highest BCUT2D eigenvalue weighted by Gasteiger charge is 2.35. The van der Waals surface area contributed by atoms with Crippen molar-refractivity contribution < 1.29 is 9.18 Å². The minimum Gasteiger partial charge on any atom is -0.347 e. The lowest BCUT2D eigenvalue weighted by Crippen LogP contribution is -2.32. The van der Waals surface area contributed by atoms with Crippen LogP contribution in [0.15, 0.2) is 30.3 Å². The fraction of sp³-hybridized carbons (Fsp3) is 0.273. The second kappa shape index (κ2) is 4.57. The first-order chi connectivity index (χ1) is 7.74. The van der Waals surface area contributed by atoms with Crippen LogP contribution >= 0.6 is 12.2 Å². The number of nitrogens with one attached hydrogen (secondary N) is 1. The van der Waals surface area contributed by atoms with Gasteiger partial charge in [-0.25, -0.2) is 4.39 Å². The number of carbonyl (C=O) groups is 1. The minimum atomic E-state index is -0.588. The lowest BCUT2D eigenvalue weighted by Gasteiger charge is -2.11. The third-order valence-corrected chi connectivity index (χ3v) is 2.81. The monoisotopic (exact) mass is 238 g/mol. The molecular weight excluding hydrogens is 227 g/mol. The second-order valence-electron chi connectivity index (χ2n) is 3.47. The van der Waals surface area contributed by atoms with E-state index in [0.29, 0.717) is 5.11 Å². The molecule has 1 saturated heterocycles. The van der Waals surface area contributed by atoms with Gasteiger partial charge in [0.1, 0.15) is 12.7 Å². The fourth-order valence-electron chi connectivity index (χ4n) is 1.69. The highest BCUT2D eigenvalue weighted by molar-refractivity contribution is 7.80. The molecule has 0 bridgehead atoms. The van der Waals surface area contributed by atoms with E-state index in [1.165, 1.54) is 4.90 Å². The number of carbonyl (C=O) groups excluding carboxylic acids is 1. The molecule has 0 aromatic heterocycles. The van der Waals surface area contributed by atoms with Crippen LogP contribution in [-0.4, -0.2) is 29.1 Å². The number of hydrogen-bond acceptors (Lipinski definition) is 2. The van der Waals surface area contributed by atoms with Crippen molar-refractivity contribution in [2.75, 3.05) is 13.2 Å². The molecule has 84 valence electrons. The summed E-state index contributed by atoms with van der Waals surface area (Å²) in [5.74, 6) is -0.186. The fourth-order valence-corrected chi connectivity index (χ4v) is 1.99. The molecule has 1 aromatic carbocycles. The maximum absolute atomic E-state index is 12.2. The second-order valence-corrected chi connectivity index (χ2v) is 3.86. The molecular formula is C11H11FN2OS. The normalized spacial score (nSPS) is 20.1. The standard InChI is InChI=1S/C11H11FN2OS/c12-6-7-14-10(15)9(13-11(14)16)8-4-2-1-3-5-8/h1-5,9H,6-7H2,(H,13,16). The van der Waals surface area contributed by atoms with Crippen molar-refractivity contribution in [3.63, 3.8) is 0 Å². The molecule has 1 atom stereocenters. The number of hydrogen-bond donors (Lipinski definition) is 1. The van der Waals surface area contributed by atoms with E-state index < -0.39 is 12.7 Å². The molecule has 2 rings (SSSR count). The summed E-state index contributed by atoms with van der Waals surface area (Å²) in [6, 6.07) is 8.80. The van der Waals surface area contributed by atoms with Gasteiger partial charge in [-0.05, 0) is 17.8 Å². The Morgan fingerprint density at radius 2 is 2.06 bits per heavy atom. The molecule has 1 amide bonds. The number of benzene rings is 1. The van der Waals surface area contributed by atoms with E-state index >= 15 is 0 Å². The lowest BCUT2D eigenvalue weighted by molar-refractivity contribution is -0.127. The summed E-state index contributed by atoms with van der Waals surface area (Å²) in [5.41, 5.74) is 0.844. The van der Waals surface area contributed by atoms with Gasteiger partial charge in [-0.1, -0.05) is 30.3 Å². The first-order valence-electron chi connectivity index (χ1n) is 4.97. The van der Waals surface area contributed by atoms with Crippen molar-refractivity contribution in [3.8, 4) is 0 Å². The maximum atomic E-state index is 12.2. The Labute approximate surface area is 98.2 Å². The molecule has 0 radical (unpaired) electrons. The summed E-state index contributed by atoms with van der Waals surface area (Å²) in [4.78, 5) is 13.2. The summed E-state index contributed by atoms with van der Waals surface area (Å²) < 4.78 is 12.2. The Bertz CT molecular complexity index is 410. The molecule has 0 aliphatic carbocycles. The van der Waals surface area contributed by atoms with Crippen molar-refractivity contribution in [2.24, 2.45) is 0 Å². The van der Waals surface area contributed by atoms with E-state index in [4.69, 9.17) is 12.2 Å². The van der Waals surface area contributed by atoms with Gasteiger partial charge in [0.05, 0.1) is 6.54 Å². The SMILES string of the molecule is O=C1C(c2ccccc2)NC(=S)N1CCF. The topological polar surface area (TPSA) is 32.3 Å². The van der Waals surface area contributed by atoms with Crippen molar-refractivity contribution >= 4 is 23.2 Å². The molecule has 5 heteroatoms. The summed E-state index contributed by atoms with van der Waals surface area (Å²) in [6.07, 6.45) is 0. The van der Waals surface area contributed by atoms with E-state index in [0.717, 1.165) is 5.56 Å². The van der Waals surface area contributed by atoms with E-state index in [1.54, 1.807) is 0 Å². The summed E-state index contributed by atoms with van der Waals surface area (Å²) in [7, 11) is 0. The van der Waals surface area contributed by atoms with Gasteiger partial charge in [-0.3, -0.25) is 9.69 Å². The average molecular weight is 238 g/mol. The predicted molar refractivity (Wildman–Crippen MR) is 62.6 cm³/mol. The molecule has 0 saturated carbocycles. The number of rotatable bonds is 3. The Morgan fingerprint density at radius 3 is 2.69 bits per heavy atom. The molecule has 16 heavy (non-hydrogen) atoms. The number of alkyl halides is 1. The molecule has 1 heterocycles. The number of nitrogens with zero attached hydrogens (tertiary/aromatic N) is 1. The van der Waals surface area contributed by atoms with Crippen LogP contribution in [0, 0.1) is 0 Å². The molecule has 0 spiro atoms. The smallest absolute Gasteiger partial charge is 0.256 e. The van der Waals surface area contributed by atoms with Gasteiger partial charge in [-0.15, -0.1) is 0 Å². The summed E-state index contributed by atoms with van der Waals surface area (Å²) in [5, 5.41) is 3.20. The van der Waals surface area contributed by atoms with Crippen LogP contribution in [0.25, 0.3) is 0 Å². The van der Waals surface area contributed by atoms with Crippen molar-refractivity contribution in [1.29, 1.82) is 0 Å². The molecule has 1 aliphatic heterocycles. The number of halogens is 1. The molecule has 3 nitrogen and oxygen atoms in total. The molecule has 1 unspecified atom stereocenters. The van der Waals surface area contributed by atoms with Gasteiger partial charge in [0.15, 0.2) is 5.11 Å². The minimum absolute atomic E-state index is 0.0218. The largest absolute Gasteiger partial charge is 0.347 e. The van der Waals surface area contributed by atoms with Gasteiger partial charge < -0.3 is 5.32 Å². The van der Waals surface area contributed by atoms with Gasteiger partial charge in [0, 0.05) is 0 Å². The molecule has 1 aliphatic rings. The van der Waals surface area contributed by atoms with E-state index in [9.17, 15) is 9.18 Å². The Balaban J connectivity index is 2.21. The predicted octanol–water partition coefficient (Wildman–Crippen LogP) is 1.41. The van der Waals surface area contributed by atoms with Gasteiger partial charge in [0.2, 0.25) is 0 Å². The van der Waals surface area contributed by atoms with E-state index in [2.05, 4.69) is 5.32 Å². The number of thiocarbonyl (C=S) groups is 1. The van der Waals surface area contributed by atoms with Crippen LogP contribution in [-0.2, 0) is 4.79 Å². The van der Waals surface area contributed by atoms with Crippen LogP contribution in [0.2, 0.25) is 0 Å². The Hall–Kier alpha value is -1.49. The van der Waals surface area contributed by atoms with Crippen molar-refractivity contribution in [3.05, 3.63) is 35.9 Å². The first-order valence-corrected chi connectivity index (χ1v) is 5.37. The third-order valence-electron chi connectivity index (χ3n) is 2.47. The van der Waals surface area contributed by atoms with Crippen LogP contribution in [0.3, 0.4) is 0 Å². The molecule has 1 aromatic rings. The van der Waals surface area contributed by atoms with Crippen molar-refractivity contribution in [2.45, 2.75) is 6.04 Å². The Kier molecular flexibility index (Phi) is 3.14. The van der Waals surface area contributed by atoms with E-state index in [-0.39, 0.29) is 12.5 Å². The van der Waals surface area contributed by atoms with Crippen LogP contribution < -0.4 is 5.32 Å². The van der Waals surface area contributed by atoms with Gasteiger partial charge in [-0.2, -0.15) is 0 Å². The van der Waals surface area contributed by atoms with E-state index in [1.807, 2.05) is 30.3 Å². The lowest BCUT2D eigenvalue weighted by atomic mass is 10.1. The van der Waals surface area contributed by atoms with Crippen molar-refractivity contribution in [1.82, 2.24) is 10.2 Å². The maximum Gasteiger partial charge on any atom is 0.256 e. The summed E-state index contributed by atoms with van der Waals surface area (Å²) in [6.45, 7) is -0.566. The van der Waals surface area contributed by atoms with Crippen LogP contribution in [0.4, 0.5) is 4.39 Å². The van der Waals surface area contributed by atoms with Gasteiger partial charge >= 0.3 is 0 Å². The van der Waals surface area contributed by atoms with Crippen LogP contribution in [0.5, 0.6) is 0 Å². The number of amides is 1. The highest BCUT2D eigenvalue weighted by Crippen LogP contribution is 2.21. The zero-order chi connectivity index (χ0) is 11.5. The molecule has 1 N–H and O–H groups in total. The third kappa shape index (κ3) is 1.90.